The van der Waals surface area contributed by atoms with Crippen LogP contribution in [0.1, 0.15) is 55.1 Å². The van der Waals surface area contributed by atoms with Crippen molar-refractivity contribution in [2.75, 3.05) is 5.43 Å². The number of amides is 1. The van der Waals surface area contributed by atoms with Crippen LogP contribution in [0.25, 0.3) is 17.5 Å². The molecule has 1 aliphatic carbocycles. The van der Waals surface area contributed by atoms with Crippen LogP contribution in [0.15, 0.2) is 41.2 Å². The Morgan fingerprint density at radius 2 is 1.97 bits per heavy atom. The van der Waals surface area contributed by atoms with E-state index < -0.39 is 0 Å². The monoisotopic (exact) mass is 406 g/mol. The van der Waals surface area contributed by atoms with Crippen molar-refractivity contribution in [2.24, 2.45) is 0 Å². The van der Waals surface area contributed by atoms with Crippen molar-refractivity contribution < 1.29 is 9.32 Å². The lowest BCUT2D eigenvalue weighted by Crippen LogP contribution is -2.27. The minimum Gasteiger partial charge on any atom is -0.346 e. The smallest absolute Gasteiger partial charge is 0.340 e. The number of hydrazine groups is 1. The first-order chi connectivity index (χ1) is 14.6. The number of nitrogens with one attached hydrogen (secondary N) is 2. The van der Waals surface area contributed by atoms with Gasteiger partial charge in [0.15, 0.2) is 0 Å². The highest BCUT2D eigenvalue weighted by Gasteiger charge is 2.19. The summed E-state index contributed by atoms with van der Waals surface area (Å²) in [6.07, 6.45) is 13.0. The Kier molecular flexibility index (Phi) is 5.92. The van der Waals surface area contributed by atoms with E-state index in [1.165, 1.54) is 49.6 Å². The largest absolute Gasteiger partial charge is 0.346 e. The maximum Gasteiger partial charge on any atom is 0.340 e. The van der Waals surface area contributed by atoms with Gasteiger partial charge in [0.1, 0.15) is 0 Å². The Hall–Kier alpha value is -3.42. The number of carbonyl (C=O) groups is 1. The van der Waals surface area contributed by atoms with Crippen molar-refractivity contribution >= 4 is 18.0 Å². The molecule has 3 aromatic rings. The van der Waals surface area contributed by atoms with E-state index in [2.05, 4.69) is 50.5 Å². The van der Waals surface area contributed by atoms with Crippen molar-refractivity contribution in [3.8, 4) is 11.4 Å². The average Bonchev–Trinajstić information content (AvgIpc) is 3.36. The topological polar surface area (TPSA) is 97.9 Å². The normalized spacial score (nSPS) is 14.9. The van der Waals surface area contributed by atoms with Gasteiger partial charge in [0.05, 0.1) is 0 Å². The van der Waals surface area contributed by atoms with Crippen molar-refractivity contribution in [3.05, 3.63) is 53.6 Å². The number of rotatable bonds is 6. The molecule has 0 aliphatic heterocycles. The quantitative estimate of drug-likeness (QED) is 0.470. The molecular formula is C22H26N6O2. The van der Waals surface area contributed by atoms with Crippen LogP contribution in [-0.4, -0.2) is 25.6 Å². The summed E-state index contributed by atoms with van der Waals surface area (Å²) in [7, 11) is 0. The zero-order valence-electron chi connectivity index (χ0n) is 17.3. The highest BCUT2D eigenvalue weighted by atomic mass is 16.5. The molecule has 2 N–H and O–H groups in total. The van der Waals surface area contributed by atoms with E-state index in [4.69, 9.17) is 4.52 Å². The van der Waals surface area contributed by atoms with Gasteiger partial charge in [0.25, 0.3) is 5.91 Å². The summed E-state index contributed by atoms with van der Waals surface area (Å²) in [4.78, 5) is 20.4. The number of pyridine rings is 1. The van der Waals surface area contributed by atoms with Crippen LogP contribution in [0.3, 0.4) is 0 Å². The van der Waals surface area contributed by atoms with Crippen molar-refractivity contribution in [1.29, 1.82) is 0 Å². The average molecular weight is 406 g/mol. The molecule has 0 saturated heterocycles. The van der Waals surface area contributed by atoms with Gasteiger partial charge in [-0.25, -0.2) is 5.43 Å². The van der Waals surface area contributed by atoms with Gasteiger partial charge in [-0.1, -0.05) is 24.4 Å². The third-order valence-electron chi connectivity index (χ3n) is 5.53. The number of aromatic nitrogens is 4. The van der Waals surface area contributed by atoms with Gasteiger partial charge in [0, 0.05) is 41.5 Å². The van der Waals surface area contributed by atoms with Gasteiger partial charge in [-0.05, 0) is 56.5 Å². The molecule has 3 heterocycles. The Bertz CT molecular complexity index is 1030. The Morgan fingerprint density at radius 1 is 1.20 bits per heavy atom. The minimum atomic E-state index is -0.305. The van der Waals surface area contributed by atoms with Crippen LogP contribution in [0.4, 0.5) is 6.01 Å². The van der Waals surface area contributed by atoms with Gasteiger partial charge in [-0.15, -0.1) is 0 Å². The van der Waals surface area contributed by atoms with Gasteiger partial charge >= 0.3 is 6.01 Å². The molecule has 0 atom stereocenters. The molecule has 30 heavy (non-hydrogen) atoms. The fourth-order valence-electron chi connectivity index (χ4n) is 4.09. The van der Waals surface area contributed by atoms with Crippen LogP contribution < -0.4 is 10.9 Å². The molecular weight excluding hydrogens is 380 g/mol. The van der Waals surface area contributed by atoms with Gasteiger partial charge < -0.3 is 9.09 Å². The molecule has 4 rings (SSSR count). The molecule has 0 radical (unpaired) electrons. The van der Waals surface area contributed by atoms with Crippen molar-refractivity contribution in [3.63, 3.8) is 0 Å². The highest BCUT2D eigenvalue weighted by molar-refractivity contribution is 5.92. The van der Waals surface area contributed by atoms with E-state index in [1.54, 1.807) is 24.5 Å². The second-order valence-corrected chi connectivity index (χ2v) is 7.59. The van der Waals surface area contributed by atoms with E-state index in [-0.39, 0.29) is 11.9 Å². The number of hydrogen-bond donors (Lipinski definition) is 2. The first-order valence-corrected chi connectivity index (χ1v) is 10.3. The Labute approximate surface area is 175 Å². The molecule has 8 nitrogen and oxygen atoms in total. The van der Waals surface area contributed by atoms with Crippen molar-refractivity contribution in [1.82, 2.24) is 25.1 Å². The SMILES string of the molecule is Cc1cc(C=CC(=O)NNc2nc(-c3ccncc3)no2)c(C)n1C1CCCCC1. The molecule has 1 saturated carbocycles. The zero-order valence-corrected chi connectivity index (χ0v) is 17.3. The van der Waals surface area contributed by atoms with E-state index >= 15 is 0 Å². The number of hydrogen-bond acceptors (Lipinski definition) is 6. The molecule has 8 heteroatoms. The van der Waals surface area contributed by atoms with E-state index in [0.717, 1.165) is 11.1 Å². The number of aryl methyl sites for hydroxylation is 1. The van der Waals surface area contributed by atoms with Gasteiger partial charge in [0.2, 0.25) is 5.82 Å². The van der Waals surface area contributed by atoms with Gasteiger partial charge in [-0.2, -0.15) is 4.98 Å². The van der Waals surface area contributed by atoms with Crippen LogP contribution in [0, 0.1) is 13.8 Å². The molecule has 3 aromatic heterocycles. The number of anilines is 1. The third-order valence-corrected chi connectivity index (χ3v) is 5.53. The summed E-state index contributed by atoms with van der Waals surface area (Å²) >= 11 is 0. The lowest BCUT2D eigenvalue weighted by atomic mass is 9.95. The maximum absolute atomic E-state index is 12.2. The molecule has 0 bridgehead atoms. The fraction of sp³-hybridized carbons (Fsp3) is 0.364. The standard InChI is InChI=1S/C22H26N6O2/c1-15-14-18(16(2)28(15)19-6-4-3-5-7-19)8-9-20(29)25-26-22-24-21(27-30-22)17-10-12-23-13-11-17/h8-14,19H,3-7H2,1-2H3,(H,25,29)(H,24,26,27). The molecule has 156 valence electrons. The first kappa shape index (κ1) is 19.9. The summed E-state index contributed by atoms with van der Waals surface area (Å²) in [5, 5.41) is 3.88. The summed E-state index contributed by atoms with van der Waals surface area (Å²) in [6.45, 7) is 4.26. The first-order valence-electron chi connectivity index (χ1n) is 10.3. The van der Waals surface area contributed by atoms with E-state index in [0.29, 0.717) is 11.9 Å². The lowest BCUT2D eigenvalue weighted by molar-refractivity contribution is -0.116. The van der Waals surface area contributed by atoms with Crippen LogP contribution in [0.5, 0.6) is 0 Å². The highest BCUT2D eigenvalue weighted by Crippen LogP contribution is 2.32. The fourth-order valence-corrected chi connectivity index (χ4v) is 4.09. The van der Waals surface area contributed by atoms with Crippen molar-refractivity contribution in [2.45, 2.75) is 52.0 Å². The number of nitrogens with zero attached hydrogens (tertiary/aromatic N) is 4. The summed E-state index contributed by atoms with van der Waals surface area (Å²) in [5.41, 5.74) is 9.48. The summed E-state index contributed by atoms with van der Waals surface area (Å²) in [6, 6.07) is 6.38. The van der Waals surface area contributed by atoms with Crippen LogP contribution in [-0.2, 0) is 4.79 Å². The molecule has 0 aromatic carbocycles. The molecule has 1 aliphatic rings. The molecule has 1 fully saturated rings. The zero-order chi connectivity index (χ0) is 20.9. The minimum absolute atomic E-state index is 0.110. The van der Waals surface area contributed by atoms with E-state index in [1.807, 2.05) is 6.08 Å². The predicted octanol–water partition coefficient (Wildman–Crippen LogP) is 4.21. The summed E-state index contributed by atoms with van der Waals surface area (Å²) < 4.78 is 7.53. The van der Waals surface area contributed by atoms with Gasteiger partial charge in [-0.3, -0.25) is 15.2 Å². The second kappa shape index (κ2) is 8.94. The summed E-state index contributed by atoms with van der Waals surface area (Å²) in [5.74, 6) is 0.112. The predicted molar refractivity (Wildman–Crippen MR) is 114 cm³/mol. The van der Waals surface area contributed by atoms with Crippen LogP contribution in [0.2, 0.25) is 0 Å². The molecule has 1 amide bonds. The lowest BCUT2D eigenvalue weighted by Gasteiger charge is -2.26. The Balaban J connectivity index is 1.36. The second-order valence-electron chi connectivity index (χ2n) is 7.59. The van der Waals surface area contributed by atoms with E-state index in [9.17, 15) is 4.79 Å². The molecule has 0 spiro atoms. The number of carbonyl (C=O) groups excluding carboxylic acids is 1. The third kappa shape index (κ3) is 4.42. The Morgan fingerprint density at radius 3 is 2.73 bits per heavy atom. The van der Waals surface area contributed by atoms with Crippen LogP contribution >= 0.6 is 0 Å². The molecule has 0 unspecified atom stereocenters. The maximum atomic E-state index is 12.2.